The van der Waals surface area contributed by atoms with Crippen molar-refractivity contribution >= 4 is 11.4 Å². The summed E-state index contributed by atoms with van der Waals surface area (Å²) < 4.78 is 35.2. The molecule has 178 valence electrons. The summed E-state index contributed by atoms with van der Waals surface area (Å²) >= 11 is 0. The van der Waals surface area contributed by atoms with Crippen LogP contribution < -0.4 is 19.9 Å². The first-order valence-corrected chi connectivity index (χ1v) is 11.5. The molecule has 0 aliphatic carbocycles. The highest BCUT2D eigenvalue weighted by Crippen LogP contribution is 2.39. The number of anilines is 2. The van der Waals surface area contributed by atoms with Crippen LogP contribution in [0, 0.1) is 11.6 Å². The minimum Gasteiger partial charge on any atom is -0.486 e. The Morgan fingerprint density at radius 1 is 0.971 bits per heavy atom. The molecule has 34 heavy (non-hydrogen) atoms. The summed E-state index contributed by atoms with van der Waals surface area (Å²) in [4.78, 5) is 21.7. The summed E-state index contributed by atoms with van der Waals surface area (Å²) in [6.45, 7) is 8.75. The molecule has 10 heteroatoms. The third-order valence-electron chi connectivity index (χ3n) is 6.09. The van der Waals surface area contributed by atoms with Crippen molar-refractivity contribution in [3.8, 4) is 17.0 Å². The van der Waals surface area contributed by atoms with Gasteiger partial charge < -0.3 is 19.9 Å². The van der Waals surface area contributed by atoms with Crippen LogP contribution in [-0.4, -0.2) is 65.3 Å². The molecule has 0 atom stereocenters. The molecule has 1 N–H and O–H groups in total. The Kier molecular flexibility index (Phi) is 6.23. The van der Waals surface area contributed by atoms with Crippen molar-refractivity contribution in [3.05, 3.63) is 54.0 Å². The van der Waals surface area contributed by atoms with Crippen LogP contribution in [0.15, 0.2) is 30.7 Å². The summed E-state index contributed by atoms with van der Waals surface area (Å²) in [7, 11) is 0. The van der Waals surface area contributed by atoms with E-state index in [2.05, 4.69) is 30.2 Å². The Hall–Kier alpha value is -3.40. The van der Waals surface area contributed by atoms with E-state index in [-0.39, 0.29) is 23.9 Å². The van der Waals surface area contributed by atoms with E-state index in [0.29, 0.717) is 36.1 Å². The van der Waals surface area contributed by atoms with Crippen molar-refractivity contribution in [3.63, 3.8) is 0 Å². The Bertz CT molecular complexity index is 1170. The van der Waals surface area contributed by atoms with Gasteiger partial charge in [-0.15, -0.1) is 0 Å². The van der Waals surface area contributed by atoms with Crippen LogP contribution in [0.2, 0.25) is 0 Å². The van der Waals surface area contributed by atoms with Gasteiger partial charge in [0.25, 0.3) is 0 Å². The van der Waals surface area contributed by atoms with E-state index in [1.165, 1.54) is 6.07 Å². The molecule has 8 nitrogen and oxygen atoms in total. The molecule has 5 rings (SSSR count). The second-order valence-corrected chi connectivity index (χ2v) is 8.70. The number of hydrogen-bond donors (Lipinski definition) is 1. The molecule has 0 spiro atoms. The third kappa shape index (κ3) is 4.50. The number of ether oxygens (including phenoxy) is 1. The molecule has 2 aliphatic rings. The number of benzene rings is 1. The van der Waals surface area contributed by atoms with Gasteiger partial charge in [-0.1, -0.05) is 0 Å². The maximum Gasteiger partial charge on any atom is 0.178 e. The SMILES string of the molecule is CC(C)N1CCOc2c(F)cc(-c3nc(Cc4ncc(N5CCNCC5)cn4)ncc3F)cc21. The van der Waals surface area contributed by atoms with Gasteiger partial charge in [-0.3, -0.25) is 0 Å². The number of rotatable bonds is 5. The van der Waals surface area contributed by atoms with E-state index in [4.69, 9.17) is 4.74 Å². The van der Waals surface area contributed by atoms with E-state index in [1.807, 2.05) is 18.7 Å². The minimum atomic E-state index is -0.620. The summed E-state index contributed by atoms with van der Waals surface area (Å²) in [5.41, 5.74) is 1.94. The standard InChI is InChI=1S/C24H27F2N7O/c1-15(2)33-7-8-34-24-18(25)9-16(10-20(24)33)23-19(26)14-30-22(31-23)11-21-28-12-17(13-29-21)32-5-3-27-4-6-32/h9-10,12-15,27H,3-8,11H2,1-2H3. The summed E-state index contributed by atoms with van der Waals surface area (Å²) in [6.07, 6.45) is 4.93. The van der Waals surface area contributed by atoms with Gasteiger partial charge in [-0.05, 0) is 26.0 Å². The maximum absolute atomic E-state index is 14.9. The number of fused-ring (bicyclic) bond motifs is 1. The highest BCUT2D eigenvalue weighted by molar-refractivity contribution is 5.72. The van der Waals surface area contributed by atoms with Gasteiger partial charge in [0.1, 0.15) is 23.9 Å². The van der Waals surface area contributed by atoms with Gasteiger partial charge in [0.05, 0.1) is 42.9 Å². The normalized spacial score (nSPS) is 15.9. The van der Waals surface area contributed by atoms with Gasteiger partial charge in [0.2, 0.25) is 0 Å². The zero-order chi connectivity index (χ0) is 23.7. The Labute approximate surface area is 197 Å². The van der Waals surface area contributed by atoms with Crippen LogP contribution in [0.4, 0.5) is 20.2 Å². The average molecular weight is 468 g/mol. The third-order valence-corrected chi connectivity index (χ3v) is 6.09. The number of nitrogens with zero attached hydrogens (tertiary/aromatic N) is 6. The van der Waals surface area contributed by atoms with Gasteiger partial charge in [-0.25, -0.2) is 28.7 Å². The van der Waals surface area contributed by atoms with Gasteiger partial charge in [0.15, 0.2) is 17.4 Å². The van der Waals surface area contributed by atoms with E-state index in [1.54, 1.807) is 18.5 Å². The van der Waals surface area contributed by atoms with Crippen molar-refractivity contribution in [1.82, 2.24) is 25.3 Å². The molecular weight excluding hydrogens is 440 g/mol. The maximum atomic E-state index is 14.9. The monoisotopic (exact) mass is 467 g/mol. The smallest absolute Gasteiger partial charge is 0.178 e. The lowest BCUT2D eigenvalue weighted by atomic mass is 10.1. The lowest BCUT2D eigenvalue weighted by Crippen LogP contribution is -2.43. The second-order valence-electron chi connectivity index (χ2n) is 8.70. The molecule has 0 bridgehead atoms. The van der Waals surface area contributed by atoms with Crippen LogP contribution in [0.25, 0.3) is 11.3 Å². The molecule has 0 radical (unpaired) electrons. The predicted molar refractivity (Wildman–Crippen MR) is 125 cm³/mol. The van der Waals surface area contributed by atoms with Crippen molar-refractivity contribution in [2.24, 2.45) is 0 Å². The van der Waals surface area contributed by atoms with E-state index in [0.717, 1.165) is 38.1 Å². The summed E-state index contributed by atoms with van der Waals surface area (Å²) in [5, 5.41) is 3.32. The van der Waals surface area contributed by atoms with Gasteiger partial charge in [0, 0.05) is 37.8 Å². The van der Waals surface area contributed by atoms with Crippen LogP contribution in [-0.2, 0) is 6.42 Å². The number of piperazine rings is 1. The number of nitrogens with one attached hydrogen (secondary N) is 1. The number of halogens is 2. The molecule has 0 amide bonds. The molecule has 1 fully saturated rings. The first-order valence-electron chi connectivity index (χ1n) is 11.5. The van der Waals surface area contributed by atoms with Gasteiger partial charge >= 0.3 is 0 Å². The predicted octanol–water partition coefficient (Wildman–Crippen LogP) is 2.82. The van der Waals surface area contributed by atoms with Gasteiger partial charge in [-0.2, -0.15) is 0 Å². The molecule has 3 aromatic rings. The van der Waals surface area contributed by atoms with Crippen LogP contribution in [0.3, 0.4) is 0 Å². The number of aromatic nitrogens is 4. The zero-order valence-corrected chi connectivity index (χ0v) is 19.3. The average Bonchev–Trinajstić information content (AvgIpc) is 2.86. The van der Waals surface area contributed by atoms with Crippen LogP contribution in [0.1, 0.15) is 25.5 Å². The highest BCUT2D eigenvalue weighted by Gasteiger charge is 2.25. The van der Waals surface area contributed by atoms with E-state index >= 15 is 0 Å². The second kappa shape index (κ2) is 9.46. The molecule has 2 aromatic heterocycles. The molecule has 1 aromatic carbocycles. The first-order chi connectivity index (χ1) is 16.5. The van der Waals surface area contributed by atoms with E-state index < -0.39 is 11.6 Å². The van der Waals surface area contributed by atoms with Crippen molar-refractivity contribution < 1.29 is 13.5 Å². The Morgan fingerprint density at radius 3 is 2.44 bits per heavy atom. The van der Waals surface area contributed by atoms with Crippen molar-refractivity contribution in [2.45, 2.75) is 26.3 Å². The quantitative estimate of drug-likeness (QED) is 0.614. The lowest BCUT2D eigenvalue weighted by molar-refractivity contribution is 0.287. The Balaban J connectivity index is 1.41. The molecule has 0 saturated carbocycles. The summed E-state index contributed by atoms with van der Waals surface area (Å²) in [6, 6.07) is 3.13. The Morgan fingerprint density at radius 2 is 1.71 bits per heavy atom. The molecule has 2 aliphatic heterocycles. The fraction of sp³-hybridized carbons (Fsp3) is 0.417. The topological polar surface area (TPSA) is 79.3 Å². The lowest BCUT2D eigenvalue weighted by Gasteiger charge is -2.34. The zero-order valence-electron chi connectivity index (χ0n) is 19.3. The molecule has 4 heterocycles. The highest BCUT2D eigenvalue weighted by atomic mass is 19.1. The van der Waals surface area contributed by atoms with E-state index in [9.17, 15) is 8.78 Å². The van der Waals surface area contributed by atoms with Crippen molar-refractivity contribution in [1.29, 1.82) is 0 Å². The first kappa shape index (κ1) is 22.4. The molecule has 0 unspecified atom stereocenters. The number of hydrogen-bond acceptors (Lipinski definition) is 8. The van der Waals surface area contributed by atoms with Crippen molar-refractivity contribution in [2.75, 3.05) is 49.1 Å². The molecule has 1 saturated heterocycles. The summed E-state index contributed by atoms with van der Waals surface area (Å²) in [5.74, 6) is -0.0691. The van der Waals surface area contributed by atoms with Crippen LogP contribution >= 0.6 is 0 Å². The fourth-order valence-corrected chi connectivity index (χ4v) is 4.33. The molecular formula is C24H27F2N7O. The van der Waals surface area contributed by atoms with Crippen LogP contribution in [0.5, 0.6) is 5.75 Å². The minimum absolute atomic E-state index is 0.0402. The fourth-order valence-electron chi connectivity index (χ4n) is 4.33. The largest absolute Gasteiger partial charge is 0.486 e.